The molecule has 0 saturated carbocycles. The highest BCUT2D eigenvalue weighted by Gasteiger charge is 2.20. The number of amides is 1. The molecule has 0 unspecified atom stereocenters. The Morgan fingerprint density at radius 1 is 1.00 bits per heavy atom. The maximum atomic E-state index is 13.9. The first kappa shape index (κ1) is 21.7. The van der Waals surface area contributed by atoms with Gasteiger partial charge in [0.15, 0.2) is 0 Å². The van der Waals surface area contributed by atoms with Gasteiger partial charge in [0.1, 0.15) is 17.4 Å². The molecule has 0 aliphatic heterocycles. The van der Waals surface area contributed by atoms with Crippen LogP contribution in [-0.2, 0) is 10.0 Å². The van der Waals surface area contributed by atoms with Crippen molar-refractivity contribution in [3.63, 3.8) is 0 Å². The molecular formula is C20H15BrF2N2O4S. The fraction of sp³-hybridized carbons (Fsp3) is 0.0500. The highest BCUT2D eigenvalue weighted by Crippen LogP contribution is 2.29. The molecule has 3 aromatic rings. The molecule has 0 saturated heterocycles. The maximum absolute atomic E-state index is 13.9. The van der Waals surface area contributed by atoms with Gasteiger partial charge < -0.3 is 10.1 Å². The molecule has 1 amide bonds. The quantitative estimate of drug-likeness (QED) is 0.513. The monoisotopic (exact) mass is 496 g/mol. The Hall–Kier alpha value is -2.98. The van der Waals surface area contributed by atoms with Crippen molar-refractivity contribution in [3.8, 4) is 5.75 Å². The van der Waals surface area contributed by atoms with Crippen molar-refractivity contribution in [1.82, 2.24) is 0 Å². The van der Waals surface area contributed by atoms with Crippen molar-refractivity contribution >= 4 is 43.2 Å². The molecule has 0 aliphatic rings. The van der Waals surface area contributed by atoms with Crippen LogP contribution >= 0.6 is 15.9 Å². The van der Waals surface area contributed by atoms with Gasteiger partial charge in [-0.2, -0.15) is 0 Å². The molecule has 0 fully saturated rings. The van der Waals surface area contributed by atoms with E-state index in [0.29, 0.717) is 5.69 Å². The lowest BCUT2D eigenvalue weighted by Gasteiger charge is -2.14. The van der Waals surface area contributed by atoms with E-state index in [2.05, 4.69) is 26.0 Å². The molecular weight excluding hydrogens is 482 g/mol. The molecule has 3 aromatic carbocycles. The van der Waals surface area contributed by atoms with Gasteiger partial charge in [0.05, 0.1) is 23.3 Å². The second kappa shape index (κ2) is 8.80. The number of ether oxygens (including phenoxy) is 1. The van der Waals surface area contributed by atoms with Gasteiger partial charge in [0.25, 0.3) is 15.9 Å². The van der Waals surface area contributed by atoms with Gasteiger partial charge >= 0.3 is 0 Å². The van der Waals surface area contributed by atoms with Gasteiger partial charge in [0.2, 0.25) is 0 Å². The molecule has 0 atom stereocenters. The molecule has 156 valence electrons. The summed E-state index contributed by atoms with van der Waals surface area (Å²) in [4.78, 5) is 12.2. The number of carbonyl (C=O) groups is 1. The van der Waals surface area contributed by atoms with Crippen molar-refractivity contribution in [1.29, 1.82) is 0 Å². The van der Waals surface area contributed by atoms with Crippen LogP contribution in [-0.4, -0.2) is 21.4 Å². The summed E-state index contributed by atoms with van der Waals surface area (Å²) in [5, 5.41) is 2.36. The summed E-state index contributed by atoms with van der Waals surface area (Å²) < 4.78 is 61.0. The number of benzene rings is 3. The average Bonchev–Trinajstić information content (AvgIpc) is 2.71. The Bertz CT molecular complexity index is 1200. The number of hydrogen-bond acceptors (Lipinski definition) is 4. The van der Waals surface area contributed by atoms with Gasteiger partial charge in [-0.25, -0.2) is 17.2 Å². The predicted molar refractivity (Wildman–Crippen MR) is 112 cm³/mol. The zero-order valence-corrected chi connectivity index (χ0v) is 17.9. The molecule has 0 bridgehead atoms. The zero-order valence-electron chi connectivity index (χ0n) is 15.4. The van der Waals surface area contributed by atoms with Gasteiger partial charge in [0, 0.05) is 10.2 Å². The molecule has 3 rings (SSSR count). The first-order chi connectivity index (χ1) is 14.2. The fourth-order valence-corrected chi connectivity index (χ4v) is 3.89. The molecule has 0 radical (unpaired) electrons. The minimum absolute atomic E-state index is 0.0233. The van der Waals surface area contributed by atoms with Crippen LogP contribution in [0.25, 0.3) is 0 Å². The zero-order chi connectivity index (χ0) is 21.9. The van der Waals surface area contributed by atoms with Crippen molar-refractivity contribution in [2.75, 3.05) is 17.1 Å². The third-order valence-electron chi connectivity index (χ3n) is 4.00. The standard InChI is InChI=1S/C20H15BrF2N2O4S/c1-29-19-9-7-15(30(27,28)25-14-5-2-12(21)3-6-14)11-18(19)24-20(26)16-10-13(22)4-8-17(16)23/h2-11,25H,1H3,(H,24,26). The highest BCUT2D eigenvalue weighted by atomic mass is 79.9. The van der Waals surface area contributed by atoms with Crippen molar-refractivity contribution in [2.45, 2.75) is 4.90 Å². The van der Waals surface area contributed by atoms with E-state index in [1.54, 1.807) is 24.3 Å². The minimum Gasteiger partial charge on any atom is -0.495 e. The molecule has 6 nitrogen and oxygen atoms in total. The van der Waals surface area contributed by atoms with E-state index in [4.69, 9.17) is 4.74 Å². The average molecular weight is 497 g/mol. The van der Waals surface area contributed by atoms with Crippen LogP contribution in [0, 0.1) is 11.6 Å². The Morgan fingerprint density at radius 2 is 1.70 bits per heavy atom. The lowest BCUT2D eigenvalue weighted by molar-refractivity contribution is 0.102. The molecule has 0 aromatic heterocycles. The largest absolute Gasteiger partial charge is 0.495 e. The van der Waals surface area contributed by atoms with Crippen LogP contribution in [0.15, 0.2) is 70.0 Å². The summed E-state index contributed by atoms with van der Waals surface area (Å²) in [5.74, 6) is -2.53. The number of hydrogen-bond donors (Lipinski definition) is 2. The molecule has 0 heterocycles. The summed E-state index contributed by atoms with van der Waals surface area (Å²) >= 11 is 3.27. The summed E-state index contributed by atoms with van der Waals surface area (Å²) in [6.07, 6.45) is 0. The van der Waals surface area contributed by atoms with E-state index >= 15 is 0 Å². The van der Waals surface area contributed by atoms with Gasteiger partial charge in [-0.15, -0.1) is 0 Å². The van der Waals surface area contributed by atoms with E-state index in [1.165, 1.54) is 19.2 Å². The summed E-state index contributed by atoms with van der Waals surface area (Å²) in [5.41, 5.74) is -0.218. The molecule has 2 N–H and O–H groups in total. The van der Waals surface area contributed by atoms with Crippen LogP contribution < -0.4 is 14.8 Å². The van der Waals surface area contributed by atoms with Crippen LogP contribution in [0.4, 0.5) is 20.2 Å². The topological polar surface area (TPSA) is 84.5 Å². The van der Waals surface area contributed by atoms with Crippen LogP contribution in [0.3, 0.4) is 0 Å². The fourth-order valence-electron chi connectivity index (χ4n) is 2.55. The summed E-state index contributed by atoms with van der Waals surface area (Å²) in [7, 11) is -2.67. The van der Waals surface area contributed by atoms with Crippen LogP contribution in [0.5, 0.6) is 5.75 Å². The minimum atomic E-state index is -4.00. The van der Waals surface area contributed by atoms with Crippen LogP contribution in [0.2, 0.25) is 0 Å². The second-order valence-corrected chi connectivity index (χ2v) is 8.65. The number of methoxy groups -OCH3 is 1. The van der Waals surface area contributed by atoms with E-state index in [-0.39, 0.29) is 16.3 Å². The van der Waals surface area contributed by atoms with Gasteiger partial charge in [-0.3, -0.25) is 9.52 Å². The molecule has 10 heteroatoms. The van der Waals surface area contributed by atoms with Gasteiger partial charge in [-0.1, -0.05) is 15.9 Å². The van der Waals surface area contributed by atoms with Crippen molar-refractivity contribution in [2.24, 2.45) is 0 Å². The number of halogens is 3. The van der Waals surface area contributed by atoms with Crippen LogP contribution in [0.1, 0.15) is 10.4 Å². The number of anilines is 2. The maximum Gasteiger partial charge on any atom is 0.261 e. The third kappa shape index (κ3) is 4.95. The molecule has 30 heavy (non-hydrogen) atoms. The Kier molecular flexibility index (Phi) is 6.37. The normalized spacial score (nSPS) is 11.1. The van der Waals surface area contributed by atoms with Gasteiger partial charge in [-0.05, 0) is 60.7 Å². The molecule has 0 spiro atoms. The number of nitrogens with one attached hydrogen (secondary N) is 2. The second-order valence-electron chi connectivity index (χ2n) is 6.05. The highest BCUT2D eigenvalue weighted by molar-refractivity contribution is 9.10. The van der Waals surface area contributed by atoms with E-state index < -0.39 is 33.1 Å². The lowest BCUT2D eigenvalue weighted by atomic mass is 10.2. The Labute approximate surface area is 180 Å². The SMILES string of the molecule is COc1ccc(S(=O)(=O)Nc2ccc(Br)cc2)cc1NC(=O)c1cc(F)ccc1F. The smallest absolute Gasteiger partial charge is 0.261 e. The Morgan fingerprint density at radius 3 is 2.37 bits per heavy atom. The van der Waals surface area contributed by atoms with Crippen molar-refractivity contribution in [3.05, 3.63) is 82.3 Å². The first-order valence-electron chi connectivity index (χ1n) is 8.42. The lowest BCUT2D eigenvalue weighted by Crippen LogP contribution is -2.17. The summed E-state index contributed by atoms with van der Waals surface area (Å²) in [6, 6.07) is 12.7. The van der Waals surface area contributed by atoms with E-state index in [1.807, 2.05) is 0 Å². The number of sulfonamides is 1. The summed E-state index contributed by atoms with van der Waals surface area (Å²) in [6.45, 7) is 0. The van der Waals surface area contributed by atoms with E-state index in [9.17, 15) is 22.0 Å². The number of rotatable bonds is 6. The third-order valence-corrected chi connectivity index (χ3v) is 5.91. The Balaban J connectivity index is 1.92. The predicted octanol–water partition coefficient (Wildman–Crippen LogP) is 4.79. The van der Waals surface area contributed by atoms with E-state index in [0.717, 1.165) is 28.7 Å². The number of carbonyl (C=O) groups excluding carboxylic acids is 1. The molecule has 0 aliphatic carbocycles. The first-order valence-corrected chi connectivity index (χ1v) is 10.7. The van der Waals surface area contributed by atoms with Crippen molar-refractivity contribution < 1.29 is 26.7 Å².